The summed E-state index contributed by atoms with van der Waals surface area (Å²) < 4.78 is 0. The maximum Gasteiger partial charge on any atom is 0.219 e. The summed E-state index contributed by atoms with van der Waals surface area (Å²) in [6, 6.07) is 9.56. The average Bonchev–Trinajstić information content (AvgIpc) is 2.26. The second-order valence-corrected chi connectivity index (χ2v) is 3.50. The Morgan fingerprint density at radius 1 is 1.53 bits per heavy atom. The Bertz CT molecular complexity index is 393. The van der Waals surface area contributed by atoms with Crippen molar-refractivity contribution in [2.24, 2.45) is 0 Å². The number of benzene rings is 1. The average molecular weight is 202 g/mol. The molecular weight excluding hydrogens is 188 g/mol. The highest BCUT2D eigenvalue weighted by Crippen LogP contribution is 2.05. The van der Waals surface area contributed by atoms with Crippen molar-refractivity contribution in [3.63, 3.8) is 0 Å². The zero-order valence-corrected chi connectivity index (χ0v) is 9.03. The molecule has 0 saturated carbocycles. The van der Waals surface area contributed by atoms with E-state index in [0.29, 0.717) is 12.1 Å². The van der Waals surface area contributed by atoms with Gasteiger partial charge in [0.1, 0.15) is 0 Å². The van der Waals surface area contributed by atoms with E-state index in [1.54, 1.807) is 24.9 Å². The highest BCUT2D eigenvalue weighted by Gasteiger charge is 2.02. The van der Waals surface area contributed by atoms with Crippen molar-refractivity contribution in [2.45, 2.75) is 13.3 Å². The summed E-state index contributed by atoms with van der Waals surface area (Å²) in [7, 11) is 1.77. The van der Waals surface area contributed by atoms with Crippen molar-refractivity contribution in [1.29, 1.82) is 5.26 Å². The first kappa shape index (κ1) is 11.3. The molecule has 0 saturated heterocycles. The zero-order chi connectivity index (χ0) is 11.3. The molecule has 0 atom stereocenters. The van der Waals surface area contributed by atoms with Crippen molar-refractivity contribution in [1.82, 2.24) is 4.90 Å². The summed E-state index contributed by atoms with van der Waals surface area (Å²) in [6.45, 7) is 2.23. The van der Waals surface area contributed by atoms with Gasteiger partial charge in [0.2, 0.25) is 5.91 Å². The Kier molecular flexibility index (Phi) is 3.87. The lowest BCUT2D eigenvalue weighted by molar-refractivity contribution is -0.127. The van der Waals surface area contributed by atoms with Crippen LogP contribution in [0, 0.1) is 11.3 Å². The molecule has 0 bridgehead atoms. The van der Waals surface area contributed by atoms with Gasteiger partial charge in [-0.05, 0) is 24.1 Å². The lowest BCUT2D eigenvalue weighted by Gasteiger charge is -2.14. The molecule has 0 aliphatic carbocycles. The molecule has 0 heterocycles. The number of rotatable bonds is 3. The van der Waals surface area contributed by atoms with Gasteiger partial charge in [-0.15, -0.1) is 0 Å². The normalized spacial score (nSPS) is 9.40. The summed E-state index contributed by atoms with van der Waals surface area (Å²) in [6.07, 6.45) is 0.783. The minimum Gasteiger partial charge on any atom is -0.346 e. The van der Waals surface area contributed by atoms with E-state index >= 15 is 0 Å². The molecule has 78 valence electrons. The molecular formula is C12H14N2O. The molecule has 0 fully saturated rings. The first-order chi connectivity index (χ1) is 7.13. The van der Waals surface area contributed by atoms with Crippen LogP contribution in [0.15, 0.2) is 24.3 Å². The molecule has 0 unspecified atom stereocenters. The van der Waals surface area contributed by atoms with Gasteiger partial charge >= 0.3 is 0 Å². The van der Waals surface area contributed by atoms with Crippen molar-refractivity contribution in [3.05, 3.63) is 35.4 Å². The number of nitrogens with zero attached hydrogens (tertiary/aromatic N) is 2. The summed E-state index contributed by atoms with van der Waals surface area (Å²) in [5.41, 5.74) is 1.75. The first-order valence-corrected chi connectivity index (χ1v) is 4.84. The maximum absolute atomic E-state index is 11.0. The Labute approximate surface area is 89.9 Å². The van der Waals surface area contributed by atoms with Gasteiger partial charge in [0.25, 0.3) is 0 Å². The zero-order valence-electron chi connectivity index (χ0n) is 9.03. The molecule has 1 rings (SSSR count). The highest BCUT2D eigenvalue weighted by atomic mass is 16.2. The monoisotopic (exact) mass is 202 g/mol. The fourth-order valence-corrected chi connectivity index (χ4v) is 1.25. The van der Waals surface area contributed by atoms with Crippen molar-refractivity contribution < 1.29 is 4.79 Å². The third kappa shape index (κ3) is 3.43. The number of hydrogen-bond acceptors (Lipinski definition) is 2. The molecule has 15 heavy (non-hydrogen) atoms. The van der Waals surface area contributed by atoms with Gasteiger partial charge in [0.15, 0.2) is 0 Å². The van der Waals surface area contributed by atoms with Crippen LogP contribution in [0.2, 0.25) is 0 Å². The number of carbonyl (C=O) groups excluding carboxylic acids is 1. The molecule has 0 spiro atoms. The fraction of sp³-hybridized carbons (Fsp3) is 0.333. The van der Waals surface area contributed by atoms with Gasteiger partial charge in [-0.3, -0.25) is 4.79 Å². The maximum atomic E-state index is 11.0. The number of hydrogen-bond donors (Lipinski definition) is 0. The first-order valence-electron chi connectivity index (χ1n) is 4.84. The van der Waals surface area contributed by atoms with E-state index in [4.69, 9.17) is 5.26 Å². The topological polar surface area (TPSA) is 44.1 Å². The summed E-state index contributed by atoms with van der Waals surface area (Å²) in [4.78, 5) is 12.6. The van der Waals surface area contributed by atoms with Gasteiger partial charge in [0, 0.05) is 20.5 Å². The molecule has 1 aromatic rings. The van der Waals surface area contributed by atoms with E-state index < -0.39 is 0 Å². The van der Waals surface area contributed by atoms with Crippen molar-refractivity contribution in [3.8, 4) is 6.07 Å². The number of carbonyl (C=O) groups is 1. The minimum atomic E-state index is 0.0615. The van der Waals surface area contributed by atoms with Gasteiger partial charge in [-0.25, -0.2) is 0 Å². The standard InChI is InChI=1S/C12H14N2O/c1-10(15)14(2)7-6-11-4-3-5-12(8-11)9-13/h3-5,8H,6-7H2,1-2H3. The highest BCUT2D eigenvalue weighted by molar-refractivity contribution is 5.72. The molecule has 0 radical (unpaired) electrons. The van der Waals surface area contributed by atoms with Crippen LogP contribution in [0.25, 0.3) is 0 Å². The van der Waals surface area contributed by atoms with Crippen LogP contribution < -0.4 is 0 Å². The van der Waals surface area contributed by atoms with Crippen LogP contribution in [0.4, 0.5) is 0 Å². The number of amides is 1. The third-order valence-corrected chi connectivity index (χ3v) is 2.33. The predicted molar refractivity (Wildman–Crippen MR) is 58.2 cm³/mol. The van der Waals surface area contributed by atoms with E-state index in [9.17, 15) is 4.79 Å². The van der Waals surface area contributed by atoms with E-state index in [-0.39, 0.29) is 5.91 Å². The van der Waals surface area contributed by atoms with Gasteiger partial charge in [-0.2, -0.15) is 5.26 Å². The second kappa shape index (κ2) is 5.16. The van der Waals surface area contributed by atoms with Crippen LogP contribution in [-0.4, -0.2) is 24.4 Å². The quantitative estimate of drug-likeness (QED) is 0.747. The Hall–Kier alpha value is -1.82. The molecule has 3 nitrogen and oxygen atoms in total. The summed E-state index contributed by atoms with van der Waals surface area (Å²) in [5, 5.41) is 8.71. The molecule has 0 aromatic heterocycles. The Balaban J connectivity index is 2.58. The lowest BCUT2D eigenvalue weighted by Crippen LogP contribution is -2.26. The molecule has 0 N–H and O–H groups in total. The molecule has 0 aliphatic rings. The second-order valence-electron chi connectivity index (χ2n) is 3.50. The van der Waals surface area contributed by atoms with Crippen LogP contribution >= 0.6 is 0 Å². The van der Waals surface area contributed by atoms with Crippen LogP contribution in [0.3, 0.4) is 0 Å². The minimum absolute atomic E-state index is 0.0615. The van der Waals surface area contributed by atoms with Crippen LogP contribution in [0.1, 0.15) is 18.1 Å². The van der Waals surface area contributed by atoms with Gasteiger partial charge in [0.05, 0.1) is 11.6 Å². The van der Waals surface area contributed by atoms with E-state index in [1.807, 2.05) is 18.2 Å². The third-order valence-electron chi connectivity index (χ3n) is 2.33. The summed E-state index contributed by atoms with van der Waals surface area (Å²) in [5.74, 6) is 0.0615. The molecule has 0 aliphatic heterocycles. The Morgan fingerprint density at radius 2 is 2.27 bits per heavy atom. The summed E-state index contributed by atoms with van der Waals surface area (Å²) >= 11 is 0. The van der Waals surface area contributed by atoms with Crippen molar-refractivity contribution >= 4 is 5.91 Å². The molecule has 1 aromatic carbocycles. The van der Waals surface area contributed by atoms with Crippen LogP contribution in [-0.2, 0) is 11.2 Å². The van der Waals surface area contributed by atoms with Crippen LogP contribution in [0.5, 0.6) is 0 Å². The Morgan fingerprint density at radius 3 is 2.87 bits per heavy atom. The number of likely N-dealkylation sites (N-methyl/N-ethyl adjacent to an activating group) is 1. The molecule has 1 amide bonds. The smallest absolute Gasteiger partial charge is 0.219 e. The van der Waals surface area contributed by atoms with E-state index in [1.165, 1.54) is 0 Å². The van der Waals surface area contributed by atoms with Crippen molar-refractivity contribution in [2.75, 3.05) is 13.6 Å². The molecule has 3 heteroatoms. The van der Waals surface area contributed by atoms with E-state index in [2.05, 4.69) is 6.07 Å². The predicted octanol–water partition coefficient (Wildman–Crippen LogP) is 1.58. The largest absolute Gasteiger partial charge is 0.346 e. The van der Waals surface area contributed by atoms with Gasteiger partial charge < -0.3 is 4.90 Å². The van der Waals surface area contributed by atoms with Gasteiger partial charge in [-0.1, -0.05) is 12.1 Å². The lowest BCUT2D eigenvalue weighted by atomic mass is 10.1. The number of nitriles is 1. The SMILES string of the molecule is CC(=O)N(C)CCc1cccc(C#N)c1. The van der Waals surface area contributed by atoms with E-state index in [0.717, 1.165) is 12.0 Å². The fourth-order valence-electron chi connectivity index (χ4n) is 1.25.